The highest BCUT2D eigenvalue weighted by Crippen LogP contribution is 2.25. The molecule has 1 aromatic carbocycles. The number of nitrogens with zero attached hydrogens (tertiary/aromatic N) is 1. The average Bonchev–Trinajstić information content (AvgIpc) is 3.18. The number of furan rings is 1. The van der Waals surface area contributed by atoms with Crippen molar-refractivity contribution in [2.75, 3.05) is 13.1 Å². The first-order chi connectivity index (χ1) is 11.5. The number of rotatable bonds is 4. The van der Waals surface area contributed by atoms with E-state index in [0.717, 1.165) is 53.6 Å². The Morgan fingerprint density at radius 2 is 1.88 bits per heavy atom. The summed E-state index contributed by atoms with van der Waals surface area (Å²) in [6, 6.07) is 3.99. The molecular formula is C19H23NO4. The lowest BCUT2D eigenvalue weighted by atomic mass is 10.0. The van der Waals surface area contributed by atoms with Crippen molar-refractivity contribution in [3.8, 4) is 0 Å². The summed E-state index contributed by atoms with van der Waals surface area (Å²) < 4.78 is 10.9. The van der Waals surface area contributed by atoms with Crippen molar-refractivity contribution in [1.29, 1.82) is 0 Å². The molecule has 1 atom stereocenters. The number of aryl methyl sites for hydroxylation is 2. The van der Waals surface area contributed by atoms with Gasteiger partial charge in [-0.05, 0) is 56.9 Å². The highest BCUT2D eigenvalue weighted by Gasteiger charge is 2.26. The van der Waals surface area contributed by atoms with E-state index in [4.69, 9.17) is 9.15 Å². The van der Waals surface area contributed by atoms with Crippen molar-refractivity contribution in [3.05, 3.63) is 35.1 Å². The molecule has 1 saturated heterocycles. The molecule has 1 aromatic heterocycles. The minimum absolute atomic E-state index is 0.104. The number of carbonyl (C=O) groups is 2. The van der Waals surface area contributed by atoms with E-state index in [2.05, 4.69) is 0 Å². The second-order valence-electron chi connectivity index (χ2n) is 6.53. The van der Waals surface area contributed by atoms with Crippen LogP contribution in [0.1, 0.15) is 36.5 Å². The lowest BCUT2D eigenvalue weighted by molar-refractivity contribution is -0.158. The van der Waals surface area contributed by atoms with Crippen LogP contribution < -0.4 is 0 Å². The normalized spacial score (nSPS) is 15.7. The molecule has 0 radical (unpaired) electrons. The minimum atomic E-state index is -0.738. The minimum Gasteiger partial charge on any atom is -0.464 e. The topological polar surface area (TPSA) is 59.8 Å². The van der Waals surface area contributed by atoms with Crippen molar-refractivity contribution in [1.82, 2.24) is 4.90 Å². The van der Waals surface area contributed by atoms with Crippen LogP contribution >= 0.6 is 0 Å². The molecule has 5 nitrogen and oxygen atoms in total. The second kappa shape index (κ2) is 6.67. The molecule has 1 aliphatic heterocycles. The number of hydrogen-bond donors (Lipinski definition) is 0. The van der Waals surface area contributed by atoms with Gasteiger partial charge in [-0.3, -0.25) is 9.59 Å². The van der Waals surface area contributed by atoms with Gasteiger partial charge in [0.1, 0.15) is 5.58 Å². The highest BCUT2D eigenvalue weighted by atomic mass is 16.5. The Bertz CT molecular complexity index is 771. The third kappa shape index (κ3) is 3.30. The average molecular weight is 329 g/mol. The number of carbonyl (C=O) groups excluding carboxylic acids is 2. The van der Waals surface area contributed by atoms with Crippen molar-refractivity contribution in [3.63, 3.8) is 0 Å². The maximum absolute atomic E-state index is 12.2. The Balaban J connectivity index is 1.66. The van der Waals surface area contributed by atoms with Gasteiger partial charge in [-0.1, -0.05) is 0 Å². The van der Waals surface area contributed by atoms with Gasteiger partial charge < -0.3 is 14.1 Å². The largest absolute Gasteiger partial charge is 0.464 e. The molecule has 128 valence electrons. The molecule has 0 unspecified atom stereocenters. The maximum atomic E-state index is 12.2. The summed E-state index contributed by atoms with van der Waals surface area (Å²) in [5.41, 5.74) is 3.85. The quantitative estimate of drug-likeness (QED) is 0.809. The van der Waals surface area contributed by atoms with Gasteiger partial charge >= 0.3 is 5.97 Å². The van der Waals surface area contributed by atoms with Crippen LogP contribution in [0.5, 0.6) is 0 Å². The number of ether oxygens (including phenoxy) is 1. The van der Waals surface area contributed by atoms with Gasteiger partial charge in [-0.15, -0.1) is 0 Å². The Hall–Kier alpha value is -2.30. The van der Waals surface area contributed by atoms with Crippen molar-refractivity contribution in [2.45, 2.75) is 46.1 Å². The van der Waals surface area contributed by atoms with Crippen LogP contribution in [0.15, 0.2) is 22.8 Å². The third-order valence-corrected chi connectivity index (χ3v) is 4.68. The maximum Gasteiger partial charge on any atom is 0.311 e. The smallest absolute Gasteiger partial charge is 0.311 e. The Labute approximate surface area is 141 Å². The van der Waals surface area contributed by atoms with E-state index in [1.807, 2.05) is 26.0 Å². The van der Waals surface area contributed by atoms with E-state index in [-0.39, 0.29) is 12.3 Å². The second-order valence-corrected chi connectivity index (χ2v) is 6.53. The van der Waals surface area contributed by atoms with E-state index in [0.29, 0.717) is 0 Å². The number of amides is 1. The SMILES string of the molecule is Cc1cc2occ(CC(=O)O[C@@H](C)C(=O)N3CCCC3)c2cc1C. The Kier molecular flexibility index (Phi) is 4.60. The Morgan fingerprint density at radius 3 is 2.58 bits per heavy atom. The standard InChI is InChI=1S/C19H23NO4/c1-12-8-16-15(11-23-17(16)9-13(12)2)10-18(21)24-14(3)19(22)20-6-4-5-7-20/h8-9,11,14H,4-7,10H2,1-3H3/t14-/m0/s1. The van der Waals surface area contributed by atoms with E-state index in [1.54, 1.807) is 18.1 Å². The van der Waals surface area contributed by atoms with Crippen molar-refractivity contribution < 1.29 is 18.7 Å². The van der Waals surface area contributed by atoms with Gasteiger partial charge in [0.2, 0.25) is 0 Å². The van der Waals surface area contributed by atoms with E-state index < -0.39 is 12.1 Å². The summed E-state index contributed by atoms with van der Waals surface area (Å²) in [7, 11) is 0. The predicted molar refractivity (Wildman–Crippen MR) is 90.8 cm³/mol. The van der Waals surface area contributed by atoms with Gasteiger partial charge in [0, 0.05) is 24.0 Å². The third-order valence-electron chi connectivity index (χ3n) is 4.68. The monoisotopic (exact) mass is 329 g/mol. The van der Waals surface area contributed by atoms with Crippen LogP contribution in [0.3, 0.4) is 0 Å². The number of likely N-dealkylation sites (tertiary alicyclic amines) is 1. The zero-order valence-electron chi connectivity index (χ0n) is 14.4. The van der Waals surface area contributed by atoms with Gasteiger partial charge in [0.25, 0.3) is 5.91 Å². The van der Waals surface area contributed by atoms with Crippen LogP contribution in [0.25, 0.3) is 11.0 Å². The zero-order valence-corrected chi connectivity index (χ0v) is 14.4. The van der Waals surface area contributed by atoms with Crippen LogP contribution in [0.2, 0.25) is 0 Å². The fraction of sp³-hybridized carbons (Fsp3) is 0.474. The molecule has 3 rings (SSSR count). The van der Waals surface area contributed by atoms with Crippen LogP contribution in [-0.2, 0) is 20.7 Å². The number of esters is 1. The molecule has 24 heavy (non-hydrogen) atoms. The first-order valence-corrected chi connectivity index (χ1v) is 8.41. The molecule has 2 heterocycles. The predicted octanol–water partition coefficient (Wildman–Crippen LogP) is 3.15. The van der Waals surface area contributed by atoms with Crippen LogP contribution in [0, 0.1) is 13.8 Å². The number of fused-ring (bicyclic) bond motifs is 1. The fourth-order valence-corrected chi connectivity index (χ4v) is 3.11. The zero-order chi connectivity index (χ0) is 17.3. The molecule has 0 saturated carbocycles. The lowest BCUT2D eigenvalue weighted by Gasteiger charge is -2.20. The Morgan fingerprint density at radius 1 is 1.21 bits per heavy atom. The molecular weight excluding hydrogens is 306 g/mol. The summed E-state index contributed by atoms with van der Waals surface area (Å²) in [4.78, 5) is 26.2. The van der Waals surface area contributed by atoms with Gasteiger partial charge in [-0.2, -0.15) is 0 Å². The van der Waals surface area contributed by atoms with Gasteiger partial charge in [0.15, 0.2) is 6.10 Å². The molecule has 5 heteroatoms. The van der Waals surface area contributed by atoms with Gasteiger partial charge in [-0.25, -0.2) is 0 Å². The first-order valence-electron chi connectivity index (χ1n) is 8.41. The summed E-state index contributed by atoms with van der Waals surface area (Å²) >= 11 is 0. The fourth-order valence-electron chi connectivity index (χ4n) is 3.11. The van der Waals surface area contributed by atoms with Gasteiger partial charge in [0.05, 0.1) is 12.7 Å². The molecule has 0 spiro atoms. The molecule has 1 fully saturated rings. The number of hydrogen-bond acceptors (Lipinski definition) is 4. The summed E-state index contributed by atoms with van der Waals surface area (Å²) in [5, 5.41) is 0.925. The summed E-state index contributed by atoms with van der Waals surface area (Å²) in [5.74, 6) is -0.514. The molecule has 0 aliphatic carbocycles. The van der Waals surface area contributed by atoms with Crippen LogP contribution in [-0.4, -0.2) is 36.0 Å². The molecule has 0 bridgehead atoms. The molecule has 2 aromatic rings. The number of benzene rings is 1. The highest BCUT2D eigenvalue weighted by molar-refractivity contribution is 5.88. The molecule has 1 amide bonds. The first kappa shape index (κ1) is 16.6. The summed E-state index contributed by atoms with van der Waals surface area (Å²) in [6.07, 6.45) is 3.00. The van der Waals surface area contributed by atoms with E-state index >= 15 is 0 Å². The van der Waals surface area contributed by atoms with Crippen LogP contribution in [0.4, 0.5) is 0 Å². The van der Waals surface area contributed by atoms with Crippen molar-refractivity contribution >= 4 is 22.8 Å². The van der Waals surface area contributed by atoms with Crippen molar-refractivity contribution in [2.24, 2.45) is 0 Å². The van der Waals surface area contributed by atoms with E-state index in [9.17, 15) is 9.59 Å². The summed E-state index contributed by atoms with van der Waals surface area (Å²) in [6.45, 7) is 7.20. The molecule has 0 N–H and O–H groups in total. The van der Waals surface area contributed by atoms with E-state index in [1.165, 1.54) is 0 Å². The molecule has 1 aliphatic rings. The lowest BCUT2D eigenvalue weighted by Crippen LogP contribution is -2.38.